The number of hydrogen-bond donors (Lipinski definition) is 1. The SMILES string of the molecule is CN1CCN(c2ncccc2CNC(=O)C[C@@H]2C=CCC2)CC1. The van der Waals surface area contributed by atoms with Crippen molar-refractivity contribution in [2.45, 2.75) is 25.8 Å². The predicted octanol–water partition coefficient (Wildman–Crippen LogP) is 1.81. The molecule has 124 valence electrons. The molecular formula is C18H26N4O. The maximum absolute atomic E-state index is 12.1. The summed E-state index contributed by atoms with van der Waals surface area (Å²) in [7, 11) is 2.15. The van der Waals surface area contributed by atoms with E-state index in [0.29, 0.717) is 18.9 Å². The molecule has 5 nitrogen and oxygen atoms in total. The summed E-state index contributed by atoms with van der Waals surface area (Å²) < 4.78 is 0. The van der Waals surface area contributed by atoms with E-state index in [1.165, 1.54) is 0 Å². The lowest BCUT2D eigenvalue weighted by atomic mass is 10.1. The highest BCUT2D eigenvalue weighted by Gasteiger charge is 2.19. The van der Waals surface area contributed by atoms with Gasteiger partial charge in [0.05, 0.1) is 0 Å². The smallest absolute Gasteiger partial charge is 0.220 e. The number of piperazine rings is 1. The maximum atomic E-state index is 12.1. The summed E-state index contributed by atoms with van der Waals surface area (Å²) in [6.45, 7) is 4.64. The zero-order valence-corrected chi connectivity index (χ0v) is 13.9. The fraction of sp³-hybridized carbons (Fsp3) is 0.556. The van der Waals surface area contributed by atoms with Crippen molar-refractivity contribution in [2.75, 3.05) is 38.1 Å². The van der Waals surface area contributed by atoms with E-state index >= 15 is 0 Å². The Morgan fingerprint density at radius 2 is 2.17 bits per heavy atom. The first-order valence-electron chi connectivity index (χ1n) is 8.53. The van der Waals surface area contributed by atoms with Gasteiger partial charge in [-0.25, -0.2) is 4.98 Å². The van der Waals surface area contributed by atoms with Gasteiger partial charge in [-0.05, 0) is 31.9 Å². The van der Waals surface area contributed by atoms with Gasteiger partial charge in [0.2, 0.25) is 5.91 Å². The molecule has 1 fully saturated rings. The van der Waals surface area contributed by atoms with Crippen LogP contribution in [0.15, 0.2) is 30.5 Å². The predicted molar refractivity (Wildman–Crippen MR) is 92.3 cm³/mol. The van der Waals surface area contributed by atoms with Gasteiger partial charge in [0.15, 0.2) is 0 Å². The minimum atomic E-state index is 0.134. The lowest BCUT2D eigenvalue weighted by Gasteiger charge is -2.34. The molecule has 1 atom stereocenters. The monoisotopic (exact) mass is 314 g/mol. The quantitative estimate of drug-likeness (QED) is 0.842. The van der Waals surface area contributed by atoms with Gasteiger partial charge >= 0.3 is 0 Å². The average molecular weight is 314 g/mol. The molecule has 1 aromatic rings. The first-order valence-corrected chi connectivity index (χ1v) is 8.53. The molecule has 23 heavy (non-hydrogen) atoms. The third-order valence-corrected chi connectivity index (χ3v) is 4.71. The molecule has 3 rings (SSSR count). The van der Waals surface area contributed by atoms with Crippen LogP contribution in [0.1, 0.15) is 24.8 Å². The van der Waals surface area contributed by atoms with Crippen LogP contribution in [0.4, 0.5) is 5.82 Å². The third-order valence-electron chi connectivity index (χ3n) is 4.71. The number of anilines is 1. The van der Waals surface area contributed by atoms with Gasteiger partial charge in [-0.15, -0.1) is 0 Å². The molecule has 0 bridgehead atoms. The Morgan fingerprint density at radius 3 is 2.91 bits per heavy atom. The van der Waals surface area contributed by atoms with Crippen LogP contribution in [0.5, 0.6) is 0 Å². The number of aromatic nitrogens is 1. The van der Waals surface area contributed by atoms with E-state index in [-0.39, 0.29) is 5.91 Å². The second-order valence-corrected chi connectivity index (χ2v) is 6.52. The number of amides is 1. The molecule has 0 radical (unpaired) electrons. The topological polar surface area (TPSA) is 48.5 Å². The van der Waals surface area contributed by atoms with Gasteiger partial charge in [0.1, 0.15) is 5.82 Å². The van der Waals surface area contributed by atoms with Gasteiger partial charge < -0.3 is 15.1 Å². The minimum absolute atomic E-state index is 0.134. The number of rotatable bonds is 5. The van der Waals surface area contributed by atoms with Crippen LogP contribution in [0.25, 0.3) is 0 Å². The second-order valence-electron chi connectivity index (χ2n) is 6.52. The standard InChI is InChI=1S/C18H26N4O/c1-21-9-11-22(12-10-21)18-16(7-4-8-19-18)14-20-17(23)13-15-5-2-3-6-15/h2,4-5,7-8,15H,3,6,9-14H2,1H3,(H,20,23)/t15-/m1/s1. The summed E-state index contributed by atoms with van der Waals surface area (Å²) >= 11 is 0. The van der Waals surface area contributed by atoms with Crippen molar-refractivity contribution in [3.8, 4) is 0 Å². The molecule has 0 unspecified atom stereocenters. The highest BCUT2D eigenvalue weighted by Crippen LogP contribution is 2.21. The van der Waals surface area contributed by atoms with E-state index in [0.717, 1.165) is 50.4 Å². The highest BCUT2D eigenvalue weighted by atomic mass is 16.1. The summed E-state index contributed by atoms with van der Waals surface area (Å²) in [5, 5.41) is 3.06. The molecule has 2 aliphatic rings. The van der Waals surface area contributed by atoms with Crippen molar-refractivity contribution >= 4 is 11.7 Å². The fourth-order valence-electron chi connectivity index (χ4n) is 3.24. The maximum Gasteiger partial charge on any atom is 0.220 e. The van der Waals surface area contributed by atoms with E-state index in [9.17, 15) is 4.79 Å². The van der Waals surface area contributed by atoms with Gasteiger partial charge in [-0.3, -0.25) is 4.79 Å². The van der Waals surface area contributed by atoms with Crippen LogP contribution in [-0.2, 0) is 11.3 Å². The molecule has 2 heterocycles. The molecule has 1 amide bonds. The fourth-order valence-corrected chi connectivity index (χ4v) is 3.24. The Bertz CT molecular complexity index is 564. The van der Waals surface area contributed by atoms with E-state index in [4.69, 9.17) is 0 Å². The highest BCUT2D eigenvalue weighted by molar-refractivity contribution is 5.76. The van der Waals surface area contributed by atoms with Gasteiger partial charge in [0, 0.05) is 50.9 Å². The van der Waals surface area contributed by atoms with Crippen LogP contribution < -0.4 is 10.2 Å². The molecule has 1 saturated heterocycles. The largest absolute Gasteiger partial charge is 0.354 e. The number of nitrogens with zero attached hydrogens (tertiary/aromatic N) is 3. The van der Waals surface area contributed by atoms with Crippen molar-refractivity contribution < 1.29 is 4.79 Å². The van der Waals surface area contributed by atoms with Gasteiger partial charge in [-0.2, -0.15) is 0 Å². The normalized spacial score (nSPS) is 21.6. The van der Waals surface area contributed by atoms with E-state index in [2.05, 4.69) is 45.4 Å². The van der Waals surface area contributed by atoms with Crippen LogP contribution in [0.3, 0.4) is 0 Å². The van der Waals surface area contributed by atoms with Crippen molar-refractivity contribution in [3.63, 3.8) is 0 Å². The minimum Gasteiger partial charge on any atom is -0.354 e. The van der Waals surface area contributed by atoms with Gasteiger partial charge in [-0.1, -0.05) is 18.2 Å². The number of pyridine rings is 1. The van der Waals surface area contributed by atoms with E-state index < -0.39 is 0 Å². The molecule has 1 N–H and O–H groups in total. The van der Waals surface area contributed by atoms with Crippen molar-refractivity contribution in [2.24, 2.45) is 5.92 Å². The molecule has 0 saturated carbocycles. The van der Waals surface area contributed by atoms with Crippen molar-refractivity contribution in [1.82, 2.24) is 15.2 Å². The van der Waals surface area contributed by atoms with E-state index in [1.807, 2.05) is 12.3 Å². The molecule has 5 heteroatoms. The first-order chi connectivity index (χ1) is 11.2. The Balaban J connectivity index is 1.57. The Hall–Kier alpha value is -1.88. The lowest BCUT2D eigenvalue weighted by Crippen LogP contribution is -2.45. The number of carbonyl (C=O) groups is 1. The Kier molecular flexibility index (Phi) is 5.28. The molecule has 0 aromatic carbocycles. The average Bonchev–Trinajstić information content (AvgIpc) is 3.07. The van der Waals surface area contributed by atoms with Crippen LogP contribution >= 0.6 is 0 Å². The zero-order valence-electron chi connectivity index (χ0n) is 13.9. The summed E-state index contributed by atoms with van der Waals surface area (Å²) in [6, 6.07) is 4.01. The number of carbonyl (C=O) groups excluding carboxylic acids is 1. The third kappa shape index (κ3) is 4.32. The Morgan fingerprint density at radius 1 is 1.35 bits per heavy atom. The van der Waals surface area contributed by atoms with Crippen molar-refractivity contribution in [1.29, 1.82) is 0 Å². The number of nitrogens with one attached hydrogen (secondary N) is 1. The summed E-state index contributed by atoms with van der Waals surface area (Å²) in [6.07, 6.45) is 8.98. The van der Waals surface area contributed by atoms with Gasteiger partial charge in [0.25, 0.3) is 0 Å². The molecule has 1 aliphatic heterocycles. The summed E-state index contributed by atoms with van der Waals surface area (Å²) in [5.74, 6) is 1.57. The van der Waals surface area contributed by atoms with Crippen LogP contribution in [0, 0.1) is 5.92 Å². The molecule has 1 aromatic heterocycles. The lowest BCUT2D eigenvalue weighted by molar-refractivity contribution is -0.121. The first kappa shape index (κ1) is 16.0. The van der Waals surface area contributed by atoms with Crippen molar-refractivity contribution in [3.05, 3.63) is 36.0 Å². The van der Waals surface area contributed by atoms with Crippen LogP contribution in [-0.4, -0.2) is 49.0 Å². The Labute approximate surface area is 138 Å². The zero-order chi connectivity index (χ0) is 16.1. The summed E-state index contributed by atoms with van der Waals surface area (Å²) in [4.78, 5) is 21.3. The second kappa shape index (κ2) is 7.59. The molecule has 1 aliphatic carbocycles. The van der Waals surface area contributed by atoms with Crippen LogP contribution in [0.2, 0.25) is 0 Å². The number of likely N-dealkylation sites (N-methyl/N-ethyl adjacent to an activating group) is 1. The molecular weight excluding hydrogens is 288 g/mol. The number of hydrogen-bond acceptors (Lipinski definition) is 4. The summed E-state index contributed by atoms with van der Waals surface area (Å²) in [5.41, 5.74) is 1.10. The molecule has 0 spiro atoms. The number of allylic oxidation sites excluding steroid dienone is 2. The van der Waals surface area contributed by atoms with E-state index in [1.54, 1.807) is 0 Å².